The number of thioether (sulfide) groups is 1. The highest BCUT2D eigenvalue weighted by Crippen LogP contribution is 2.28. The van der Waals surface area contributed by atoms with E-state index in [0.717, 1.165) is 5.56 Å². The van der Waals surface area contributed by atoms with Crippen molar-refractivity contribution in [2.75, 3.05) is 13.4 Å². The van der Waals surface area contributed by atoms with E-state index in [1.165, 1.54) is 18.9 Å². The molecule has 0 aliphatic heterocycles. The lowest BCUT2D eigenvalue weighted by Gasteiger charge is -2.13. The van der Waals surface area contributed by atoms with Crippen molar-refractivity contribution in [1.29, 1.82) is 0 Å². The second kappa shape index (κ2) is 7.09. The van der Waals surface area contributed by atoms with Crippen LogP contribution >= 0.6 is 11.8 Å². The van der Waals surface area contributed by atoms with Crippen LogP contribution in [0, 0.1) is 0 Å². The Labute approximate surface area is 128 Å². The number of ether oxygens (including phenoxy) is 1. The first kappa shape index (κ1) is 15.3. The smallest absolute Gasteiger partial charge is 0.323 e. The third-order valence-corrected chi connectivity index (χ3v) is 4.07. The maximum Gasteiger partial charge on any atom is 0.323 e. The second-order valence-corrected chi connectivity index (χ2v) is 5.40. The van der Waals surface area contributed by atoms with Gasteiger partial charge in [-0.25, -0.2) is 0 Å². The number of methoxy groups -OCH3 is 1. The number of rotatable bonds is 5. The predicted octanol–water partition coefficient (Wildman–Crippen LogP) is 3.49. The van der Waals surface area contributed by atoms with Gasteiger partial charge < -0.3 is 4.74 Å². The lowest BCUT2D eigenvalue weighted by molar-refractivity contribution is -0.140. The minimum absolute atomic E-state index is 0.0535. The first-order valence-electron chi connectivity index (χ1n) is 6.47. The van der Waals surface area contributed by atoms with Gasteiger partial charge in [0.15, 0.2) is 5.78 Å². The summed E-state index contributed by atoms with van der Waals surface area (Å²) in [7, 11) is 1.37. The van der Waals surface area contributed by atoms with Gasteiger partial charge in [-0.15, -0.1) is 11.8 Å². The molecule has 0 amide bonds. The predicted molar refractivity (Wildman–Crippen MR) is 84.6 cm³/mol. The molecule has 0 saturated heterocycles. The van der Waals surface area contributed by atoms with Crippen molar-refractivity contribution < 1.29 is 14.3 Å². The van der Waals surface area contributed by atoms with E-state index in [2.05, 4.69) is 0 Å². The van der Waals surface area contributed by atoms with E-state index in [1.54, 1.807) is 30.3 Å². The summed E-state index contributed by atoms with van der Waals surface area (Å²) >= 11 is 1.39. The molecule has 0 aliphatic rings. The first-order chi connectivity index (χ1) is 10.2. The first-order valence-corrected chi connectivity index (χ1v) is 7.76. The summed E-state index contributed by atoms with van der Waals surface area (Å²) in [4.78, 5) is 24.2. The number of ketones is 1. The normalized spacial score (nSPS) is 11.7. The molecule has 2 aromatic rings. The van der Waals surface area contributed by atoms with Crippen molar-refractivity contribution in [1.82, 2.24) is 0 Å². The zero-order chi connectivity index (χ0) is 15.2. The Kier molecular flexibility index (Phi) is 5.17. The zero-order valence-electron chi connectivity index (χ0n) is 11.9. The third kappa shape index (κ3) is 3.52. The summed E-state index contributed by atoms with van der Waals surface area (Å²) in [6, 6.07) is 16.2. The van der Waals surface area contributed by atoms with E-state index in [9.17, 15) is 9.59 Å². The van der Waals surface area contributed by atoms with Gasteiger partial charge in [-0.3, -0.25) is 9.59 Å². The van der Waals surface area contributed by atoms with Gasteiger partial charge >= 0.3 is 5.97 Å². The van der Waals surface area contributed by atoms with Crippen molar-refractivity contribution in [2.24, 2.45) is 0 Å². The van der Waals surface area contributed by atoms with E-state index in [-0.39, 0.29) is 11.8 Å². The summed E-state index contributed by atoms with van der Waals surface area (Å²) < 4.78 is 4.80. The number of benzene rings is 2. The highest BCUT2D eigenvalue weighted by atomic mass is 32.2. The van der Waals surface area contributed by atoms with Gasteiger partial charge in [0, 0.05) is 11.1 Å². The lowest BCUT2D eigenvalue weighted by atomic mass is 10.0. The molecule has 2 rings (SSSR count). The van der Waals surface area contributed by atoms with Crippen LogP contribution in [0.1, 0.15) is 26.7 Å². The fourth-order valence-electron chi connectivity index (χ4n) is 2.07. The van der Waals surface area contributed by atoms with Gasteiger partial charge in [-0.2, -0.15) is 0 Å². The highest BCUT2D eigenvalue weighted by molar-refractivity contribution is 7.99. The van der Waals surface area contributed by atoms with E-state index < -0.39 is 5.25 Å². The Morgan fingerprint density at radius 2 is 1.67 bits per heavy atom. The number of hydrogen-bond donors (Lipinski definition) is 0. The van der Waals surface area contributed by atoms with Crippen molar-refractivity contribution >= 4 is 23.5 Å². The molecule has 0 N–H and O–H groups in total. The molecule has 2 aromatic carbocycles. The Morgan fingerprint density at radius 1 is 1.00 bits per heavy atom. The van der Waals surface area contributed by atoms with E-state index in [1.807, 2.05) is 30.5 Å². The molecule has 0 bridgehead atoms. The Balaban J connectivity index is 2.33. The SMILES string of the molecule is COC(=O)C(SC)c1cccc(C(=O)c2ccccc2)c1. The van der Waals surface area contributed by atoms with Crippen LogP contribution in [0.2, 0.25) is 0 Å². The topological polar surface area (TPSA) is 43.4 Å². The van der Waals surface area contributed by atoms with Crippen LogP contribution in [0.5, 0.6) is 0 Å². The van der Waals surface area contributed by atoms with Crippen LogP contribution in [0.4, 0.5) is 0 Å². The fraction of sp³-hybridized carbons (Fsp3) is 0.176. The highest BCUT2D eigenvalue weighted by Gasteiger charge is 2.21. The van der Waals surface area contributed by atoms with Gasteiger partial charge in [0.1, 0.15) is 5.25 Å². The number of carbonyl (C=O) groups is 2. The average molecular weight is 300 g/mol. The van der Waals surface area contributed by atoms with Crippen LogP contribution in [0.15, 0.2) is 54.6 Å². The van der Waals surface area contributed by atoms with Gasteiger partial charge in [-0.05, 0) is 17.9 Å². The molecular weight excluding hydrogens is 284 g/mol. The molecule has 0 radical (unpaired) electrons. The molecule has 3 nitrogen and oxygen atoms in total. The summed E-state index contributed by atoms with van der Waals surface area (Å²) in [5.41, 5.74) is 1.98. The molecule has 1 atom stereocenters. The number of esters is 1. The van der Waals surface area contributed by atoms with Crippen molar-refractivity contribution in [3.8, 4) is 0 Å². The third-order valence-electron chi connectivity index (χ3n) is 3.14. The van der Waals surface area contributed by atoms with E-state index in [0.29, 0.717) is 11.1 Å². The molecule has 0 aromatic heterocycles. The van der Waals surface area contributed by atoms with E-state index in [4.69, 9.17) is 4.74 Å². The van der Waals surface area contributed by atoms with Crippen LogP contribution in [-0.2, 0) is 9.53 Å². The van der Waals surface area contributed by atoms with Crippen LogP contribution < -0.4 is 0 Å². The van der Waals surface area contributed by atoms with Crippen molar-refractivity contribution in [2.45, 2.75) is 5.25 Å². The molecule has 0 heterocycles. The molecular formula is C17H16O3S. The molecule has 0 fully saturated rings. The summed E-state index contributed by atoms with van der Waals surface area (Å²) in [5.74, 6) is -0.367. The molecule has 0 saturated carbocycles. The molecule has 0 aliphatic carbocycles. The second-order valence-electron chi connectivity index (χ2n) is 4.46. The standard InChI is InChI=1S/C17H16O3S/c1-20-17(19)16(21-2)14-10-6-9-13(11-14)15(18)12-7-4-3-5-8-12/h3-11,16H,1-2H3. The number of hydrogen-bond acceptors (Lipinski definition) is 4. The van der Waals surface area contributed by atoms with Gasteiger partial charge in [0.05, 0.1) is 7.11 Å². The van der Waals surface area contributed by atoms with Gasteiger partial charge in [0.25, 0.3) is 0 Å². The molecule has 21 heavy (non-hydrogen) atoms. The largest absolute Gasteiger partial charge is 0.468 e. The summed E-state index contributed by atoms with van der Waals surface area (Å²) in [5, 5.41) is -0.418. The van der Waals surface area contributed by atoms with E-state index >= 15 is 0 Å². The Hall–Kier alpha value is -2.07. The molecule has 4 heteroatoms. The molecule has 1 unspecified atom stereocenters. The van der Waals surface area contributed by atoms with Crippen molar-refractivity contribution in [3.05, 3.63) is 71.3 Å². The zero-order valence-corrected chi connectivity index (χ0v) is 12.7. The maximum absolute atomic E-state index is 12.4. The Morgan fingerprint density at radius 3 is 2.29 bits per heavy atom. The van der Waals surface area contributed by atoms with Gasteiger partial charge in [0.2, 0.25) is 0 Å². The van der Waals surface area contributed by atoms with Crippen molar-refractivity contribution in [3.63, 3.8) is 0 Å². The quantitative estimate of drug-likeness (QED) is 0.626. The Bertz CT molecular complexity index is 637. The lowest BCUT2D eigenvalue weighted by Crippen LogP contribution is -2.11. The molecule has 0 spiro atoms. The van der Waals surface area contributed by atoms with Crippen LogP contribution in [0.3, 0.4) is 0 Å². The van der Waals surface area contributed by atoms with Crippen LogP contribution in [0.25, 0.3) is 0 Å². The summed E-state index contributed by atoms with van der Waals surface area (Å²) in [6.45, 7) is 0. The average Bonchev–Trinajstić information content (AvgIpc) is 2.55. The minimum atomic E-state index is -0.418. The monoisotopic (exact) mass is 300 g/mol. The minimum Gasteiger partial charge on any atom is -0.468 e. The van der Waals surface area contributed by atoms with Gasteiger partial charge in [-0.1, -0.05) is 48.5 Å². The molecule has 108 valence electrons. The maximum atomic E-state index is 12.4. The van der Waals surface area contributed by atoms with Crippen LogP contribution in [-0.4, -0.2) is 25.1 Å². The summed E-state index contributed by atoms with van der Waals surface area (Å²) in [6.07, 6.45) is 1.84. The number of carbonyl (C=O) groups excluding carboxylic acids is 2. The fourth-order valence-corrected chi connectivity index (χ4v) is 2.78.